The van der Waals surface area contributed by atoms with Gasteiger partial charge in [-0.2, -0.15) is 0 Å². The Labute approximate surface area is 164 Å². The van der Waals surface area contributed by atoms with Crippen LogP contribution in [0.1, 0.15) is 19.4 Å². The minimum Gasteiger partial charge on any atom is -0.496 e. The molecule has 0 aliphatic carbocycles. The first kappa shape index (κ1) is 19.7. The van der Waals surface area contributed by atoms with E-state index in [1.165, 1.54) is 0 Å². The molecule has 0 saturated carbocycles. The van der Waals surface area contributed by atoms with Crippen LogP contribution < -0.4 is 10.1 Å². The summed E-state index contributed by atoms with van der Waals surface area (Å²) >= 11 is 0. The first-order valence-corrected chi connectivity index (χ1v) is 9.16. The van der Waals surface area contributed by atoms with Gasteiger partial charge in [-0.05, 0) is 31.1 Å². The largest absolute Gasteiger partial charge is 0.496 e. The summed E-state index contributed by atoms with van der Waals surface area (Å²) in [5.41, 5.74) is 4.48. The highest BCUT2D eigenvalue weighted by Crippen LogP contribution is 2.37. The van der Waals surface area contributed by atoms with Crippen molar-refractivity contribution in [3.63, 3.8) is 0 Å². The molecular weight excluding hydrogens is 354 g/mol. The normalized spacial score (nSPS) is 12.8. The van der Waals surface area contributed by atoms with Crippen LogP contribution in [0.2, 0.25) is 0 Å². The Bertz CT molecular complexity index is 989. The molecule has 0 aliphatic heterocycles. The van der Waals surface area contributed by atoms with Crippen molar-refractivity contribution in [3.05, 3.63) is 60.4 Å². The van der Waals surface area contributed by atoms with Crippen molar-refractivity contribution in [1.29, 1.82) is 0 Å². The number of hydrogen-bond donors (Lipinski definition) is 1. The third kappa shape index (κ3) is 4.26. The van der Waals surface area contributed by atoms with Crippen LogP contribution in [0.5, 0.6) is 5.75 Å². The van der Waals surface area contributed by atoms with Crippen molar-refractivity contribution >= 4 is 22.4 Å². The lowest BCUT2D eigenvalue weighted by atomic mass is 9.99. The van der Waals surface area contributed by atoms with Crippen LogP contribution in [0.15, 0.2) is 59.2 Å². The van der Waals surface area contributed by atoms with Gasteiger partial charge in [-0.3, -0.25) is 4.79 Å². The lowest BCUT2D eigenvalue weighted by Crippen LogP contribution is -2.34. The number of allylic oxidation sites excluding steroid dienone is 1. The summed E-state index contributed by atoms with van der Waals surface area (Å²) < 4.78 is 16.3. The number of rotatable bonds is 7. The van der Waals surface area contributed by atoms with E-state index in [-0.39, 0.29) is 11.9 Å². The van der Waals surface area contributed by atoms with Crippen molar-refractivity contribution < 1.29 is 18.7 Å². The summed E-state index contributed by atoms with van der Waals surface area (Å²) in [5.74, 6) is 0.493. The van der Waals surface area contributed by atoms with Gasteiger partial charge in [0.1, 0.15) is 11.3 Å². The number of ether oxygens (including phenoxy) is 2. The second kappa shape index (κ2) is 8.76. The molecule has 146 valence electrons. The van der Waals surface area contributed by atoms with Crippen LogP contribution in [0.3, 0.4) is 0 Å². The maximum atomic E-state index is 12.3. The Morgan fingerprint density at radius 1 is 1.21 bits per heavy atom. The number of carbonyl (C=O) groups is 1. The summed E-state index contributed by atoms with van der Waals surface area (Å²) in [6.07, 6.45) is 3.33. The molecule has 0 aliphatic rings. The fraction of sp³-hybridized carbons (Fsp3) is 0.261. The third-order valence-electron chi connectivity index (χ3n) is 4.56. The predicted octanol–water partition coefficient (Wildman–Crippen LogP) is 4.66. The van der Waals surface area contributed by atoms with E-state index in [4.69, 9.17) is 13.9 Å². The average Bonchev–Trinajstić information content (AvgIpc) is 3.10. The second-order valence-electron chi connectivity index (χ2n) is 6.76. The predicted molar refractivity (Wildman–Crippen MR) is 111 cm³/mol. The summed E-state index contributed by atoms with van der Waals surface area (Å²) in [7, 11) is 3.22. The van der Waals surface area contributed by atoms with Gasteiger partial charge in [0.15, 0.2) is 0 Å². The highest BCUT2D eigenvalue weighted by atomic mass is 16.5. The van der Waals surface area contributed by atoms with Gasteiger partial charge in [0.25, 0.3) is 0 Å². The maximum absolute atomic E-state index is 12.3. The summed E-state index contributed by atoms with van der Waals surface area (Å²) in [6, 6.07) is 13.9. The summed E-state index contributed by atoms with van der Waals surface area (Å²) in [6.45, 7) is 4.25. The van der Waals surface area contributed by atoms with Crippen molar-refractivity contribution in [3.8, 4) is 16.9 Å². The van der Waals surface area contributed by atoms with Crippen molar-refractivity contribution in [1.82, 2.24) is 5.32 Å². The van der Waals surface area contributed by atoms with Gasteiger partial charge in [-0.25, -0.2) is 0 Å². The van der Waals surface area contributed by atoms with Crippen LogP contribution in [-0.2, 0) is 9.53 Å². The topological polar surface area (TPSA) is 60.7 Å². The first-order chi connectivity index (χ1) is 13.5. The molecule has 5 nitrogen and oxygen atoms in total. The SMILES string of the molecule is COCC(C)NC(=O)/C=C(\C)c1cc2c(-c3ccccc3)coc2cc1OC. The molecule has 0 fully saturated rings. The number of fused-ring (bicyclic) bond motifs is 1. The minimum atomic E-state index is -0.167. The monoisotopic (exact) mass is 379 g/mol. The van der Waals surface area contributed by atoms with Gasteiger partial charge < -0.3 is 19.2 Å². The van der Waals surface area contributed by atoms with Crippen LogP contribution in [0.4, 0.5) is 0 Å². The molecule has 1 unspecified atom stereocenters. The number of nitrogens with one attached hydrogen (secondary N) is 1. The number of benzene rings is 2. The van der Waals surface area contributed by atoms with Crippen molar-refractivity contribution in [2.45, 2.75) is 19.9 Å². The van der Waals surface area contributed by atoms with E-state index in [9.17, 15) is 4.79 Å². The molecule has 1 N–H and O–H groups in total. The standard InChI is InChI=1S/C23H25NO4/c1-15(10-23(25)24-16(2)13-26-3)18-11-19-20(17-8-6-5-7-9-17)14-28-22(19)12-21(18)27-4/h5-12,14,16H,13H2,1-4H3,(H,24,25)/b15-10+. The van der Waals surface area contributed by atoms with Gasteiger partial charge in [0.05, 0.1) is 20.0 Å². The van der Waals surface area contributed by atoms with Gasteiger partial charge in [-0.1, -0.05) is 30.3 Å². The molecule has 1 heterocycles. The molecule has 3 rings (SSSR count). The van der Waals surface area contributed by atoms with Gasteiger partial charge in [0, 0.05) is 41.8 Å². The number of furan rings is 1. The zero-order chi connectivity index (χ0) is 20.1. The molecule has 0 spiro atoms. The third-order valence-corrected chi connectivity index (χ3v) is 4.56. The van der Waals surface area contributed by atoms with Gasteiger partial charge in [0.2, 0.25) is 5.91 Å². The fourth-order valence-corrected chi connectivity index (χ4v) is 3.22. The smallest absolute Gasteiger partial charge is 0.244 e. The first-order valence-electron chi connectivity index (χ1n) is 9.16. The van der Waals surface area contributed by atoms with E-state index in [1.807, 2.05) is 56.3 Å². The Kier molecular flexibility index (Phi) is 6.16. The van der Waals surface area contributed by atoms with Crippen molar-refractivity contribution in [2.24, 2.45) is 0 Å². The second-order valence-corrected chi connectivity index (χ2v) is 6.76. The number of carbonyl (C=O) groups excluding carboxylic acids is 1. The maximum Gasteiger partial charge on any atom is 0.244 e. The van der Waals surface area contributed by atoms with E-state index in [2.05, 4.69) is 5.32 Å². The molecule has 1 amide bonds. The van der Waals surface area contributed by atoms with E-state index in [1.54, 1.807) is 26.6 Å². The molecule has 2 aromatic carbocycles. The molecule has 28 heavy (non-hydrogen) atoms. The Morgan fingerprint density at radius 2 is 1.96 bits per heavy atom. The molecule has 3 aromatic rings. The summed E-state index contributed by atoms with van der Waals surface area (Å²) in [4.78, 5) is 12.3. The lowest BCUT2D eigenvalue weighted by molar-refractivity contribution is -0.117. The molecular formula is C23H25NO4. The number of hydrogen-bond acceptors (Lipinski definition) is 4. The quantitative estimate of drug-likeness (QED) is 0.607. The Hall–Kier alpha value is -3.05. The lowest BCUT2D eigenvalue weighted by Gasteiger charge is -2.13. The van der Waals surface area contributed by atoms with Crippen LogP contribution >= 0.6 is 0 Å². The minimum absolute atomic E-state index is 0.0653. The highest BCUT2D eigenvalue weighted by molar-refractivity contribution is 6.00. The molecule has 1 aromatic heterocycles. The van der Waals surface area contributed by atoms with E-state index < -0.39 is 0 Å². The Balaban J connectivity index is 1.99. The van der Waals surface area contributed by atoms with Crippen LogP contribution in [0, 0.1) is 0 Å². The highest BCUT2D eigenvalue weighted by Gasteiger charge is 2.15. The molecule has 0 radical (unpaired) electrons. The number of methoxy groups -OCH3 is 2. The average molecular weight is 379 g/mol. The van der Waals surface area contributed by atoms with E-state index in [0.29, 0.717) is 12.4 Å². The van der Waals surface area contributed by atoms with E-state index >= 15 is 0 Å². The van der Waals surface area contributed by atoms with Crippen LogP contribution in [0.25, 0.3) is 27.7 Å². The molecule has 1 atom stereocenters. The van der Waals surface area contributed by atoms with Crippen LogP contribution in [-0.4, -0.2) is 32.8 Å². The van der Waals surface area contributed by atoms with Gasteiger partial charge >= 0.3 is 0 Å². The number of amides is 1. The summed E-state index contributed by atoms with van der Waals surface area (Å²) in [5, 5.41) is 3.86. The zero-order valence-corrected chi connectivity index (χ0v) is 16.6. The van der Waals surface area contributed by atoms with Gasteiger partial charge in [-0.15, -0.1) is 0 Å². The molecule has 5 heteroatoms. The zero-order valence-electron chi connectivity index (χ0n) is 16.6. The fourth-order valence-electron chi connectivity index (χ4n) is 3.22. The van der Waals surface area contributed by atoms with E-state index in [0.717, 1.165) is 33.2 Å². The van der Waals surface area contributed by atoms with Crippen molar-refractivity contribution in [2.75, 3.05) is 20.8 Å². The molecule has 0 saturated heterocycles. The Morgan fingerprint density at radius 3 is 2.64 bits per heavy atom. The molecule has 0 bridgehead atoms.